The van der Waals surface area contributed by atoms with Gasteiger partial charge in [-0.3, -0.25) is 4.79 Å². The second-order valence-corrected chi connectivity index (χ2v) is 6.23. The summed E-state index contributed by atoms with van der Waals surface area (Å²) in [5, 5.41) is 6.99. The van der Waals surface area contributed by atoms with E-state index in [1.54, 1.807) is 0 Å². The Morgan fingerprint density at radius 2 is 1.68 bits per heavy atom. The predicted molar refractivity (Wildman–Crippen MR) is 101 cm³/mol. The molecule has 25 heavy (non-hydrogen) atoms. The smallest absolute Gasteiger partial charge is 0.255 e. The molecule has 1 aliphatic rings. The largest absolute Gasteiger partial charge is 1.00 e. The zero-order chi connectivity index (χ0) is 16.9. The lowest BCUT2D eigenvalue weighted by molar-refractivity contribution is -0.113. The van der Waals surface area contributed by atoms with Gasteiger partial charge in [0.1, 0.15) is 6.04 Å². The topological polar surface area (TPSA) is 53.5 Å². The minimum Gasteiger partial charge on any atom is -1.00 e. The number of carbonyl (C=O) groups is 1. The first-order valence-electron chi connectivity index (χ1n) is 7.70. The van der Waals surface area contributed by atoms with Crippen molar-refractivity contribution in [3.63, 3.8) is 0 Å². The van der Waals surface area contributed by atoms with Crippen LogP contribution in [-0.2, 0) is 4.79 Å². The third kappa shape index (κ3) is 4.64. The monoisotopic (exact) mass is 464 g/mol. The molecule has 0 bridgehead atoms. The van der Waals surface area contributed by atoms with Crippen molar-refractivity contribution in [2.45, 2.75) is 13.0 Å². The zero-order valence-electron chi connectivity index (χ0n) is 14.0. The van der Waals surface area contributed by atoms with Gasteiger partial charge in [-0.25, -0.2) is 4.99 Å². The molecule has 1 aliphatic heterocycles. The Hall–Kier alpha value is -1.80. The van der Waals surface area contributed by atoms with Crippen molar-refractivity contribution < 1.29 is 28.8 Å². The standard InChI is InChI=1S/C19H19N3OS.HI/c1-13-16(18(23)21-15-11-7-4-8-12-15)17(22-19(20-13)24-2)14-9-5-3-6-10-14;/h3-12,17H,1-2H3,(H,20,22)(H,21,23);1H/p-1. The van der Waals surface area contributed by atoms with Crippen molar-refractivity contribution in [3.8, 4) is 0 Å². The van der Waals surface area contributed by atoms with Crippen LogP contribution in [0.3, 0.4) is 0 Å². The van der Waals surface area contributed by atoms with Crippen LogP contribution in [0, 0.1) is 0 Å². The number of halogens is 1. The maximum atomic E-state index is 12.9. The molecular formula is C19H19IN3OS-. The minimum absolute atomic E-state index is 0. The number of anilines is 1. The lowest BCUT2D eigenvalue weighted by Gasteiger charge is -2.26. The molecule has 1 atom stereocenters. The summed E-state index contributed by atoms with van der Waals surface area (Å²) < 4.78 is 0. The molecule has 1 unspecified atom stereocenters. The van der Waals surface area contributed by atoms with E-state index in [1.807, 2.05) is 73.8 Å². The number of thioether (sulfide) groups is 1. The molecule has 1 heterocycles. The van der Waals surface area contributed by atoms with Crippen LogP contribution in [0.5, 0.6) is 0 Å². The molecule has 0 spiro atoms. The second-order valence-electron chi connectivity index (χ2n) is 5.44. The molecule has 0 aromatic heterocycles. The first-order valence-corrected chi connectivity index (χ1v) is 8.92. The molecule has 3 rings (SSSR count). The molecule has 4 nitrogen and oxygen atoms in total. The number of para-hydroxylation sites is 1. The van der Waals surface area contributed by atoms with E-state index in [-0.39, 0.29) is 35.9 Å². The molecule has 6 heteroatoms. The van der Waals surface area contributed by atoms with Gasteiger partial charge in [-0.05, 0) is 30.9 Å². The molecular weight excluding hydrogens is 445 g/mol. The summed E-state index contributed by atoms with van der Waals surface area (Å²) in [5.41, 5.74) is 3.25. The Balaban J connectivity index is 0.00000225. The number of benzene rings is 2. The number of nitrogens with zero attached hydrogens (tertiary/aromatic N) is 1. The quantitative estimate of drug-likeness (QED) is 0.666. The van der Waals surface area contributed by atoms with Gasteiger partial charge >= 0.3 is 0 Å². The highest BCUT2D eigenvalue weighted by Gasteiger charge is 2.29. The molecule has 0 saturated carbocycles. The summed E-state index contributed by atoms with van der Waals surface area (Å²) in [5.74, 6) is -0.135. The van der Waals surface area contributed by atoms with Gasteiger partial charge in [0.25, 0.3) is 5.91 Å². The predicted octanol–water partition coefficient (Wildman–Crippen LogP) is 0.967. The number of amidine groups is 1. The summed E-state index contributed by atoms with van der Waals surface area (Å²) in [6.07, 6.45) is 1.97. The van der Waals surface area contributed by atoms with Crippen LogP contribution in [0.1, 0.15) is 18.5 Å². The van der Waals surface area contributed by atoms with E-state index in [9.17, 15) is 4.79 Å². The lowest BCUT2D eigenvalue weighted by atomic mass is 9.96. The Labute approximate surface area is 169 Å². The molecule has 2 aromatic rings. The van der Waals surface area contributed by atoms with Gasteiger partial charge in [0.05, 0.1) is 5.57 Å². The number of nitrogens with one attached hydrogen (secondary N) is 2. The van der Waals surface area contributed by atoms with Crippen LogP contribution in [0.25, 0.3) is 0 Å². The summed E-state index contributed by atoms with van der Waals surface area (Å²) >= 11 is 1.54. The second kappa shape index (κ2) is 9.05. The van der Waals surface area contributed by atoms with Gasteiger partial charge < -0.3 is 34.6 Å². The molecule has 0 fully saturated rings. The van der Waals surface area contributed by atoms with Gasteiger partial charge in [0, 0.05) is 11.4 Å². The number of hydrogen-bond donors (Lipinski definition) is 2. The number of amides is 1. The summed E-state index contributed by atoms with van der Waals surface area (Å²) in [6.45, 7) is 1.92. The maximum Gasteiger partial charge on any atom is 0.255 e. The van der Waals surface area contributed by atoms with E-state index in [0.717, 1.165) is 22.1 Å². The van der Waals surface area contributed by atoms with Crippen molar-refractivity contribution in [1.82, 2.24) is 5.32 Å². The van der Waals surface area contributed by atoms with Crippen molar-refractivity contribution >= 4 is 28.5 Å². The summed E-state index contributed by atoms with van der Waals surface area (Å²) in [4.78, 5) is 17.6. The van der Waals surface area contributed by atoms with Crippen LogP contribution < -0.4 is 34.6 Å². The number of hydrogen-bond acceptors (Lipinski definition) is 4. The highest BCUT2D eigenvalue weighted by molar-refractivity contribution is 8.13. The molecule has 130 valence electrons. The molecule has 2 aromatic carbocycles. The summed E-state index contributed by atoms with van der Waals surface area (Å²) in [7, 11) is 0. The van der Waals surface area contributed by atoms with E-state index >= 15 is 0 Å². The fraction of sp³-hybridized carbons (Fsp3) is 0.158. The third-order valence-corrected chi connectivity index (χ3v) is 4.40. The van der Waals surface area contributed by atoms with E-state index in [2.05, 4.69) is 10.6 Å². The average Bonchev–Trinajstić information content (AvgIpc) is 2.62. The van der Waals surface area contributed by atoms with Gasteiger partial charge in [-0.15, -0.1) is 0 Å². The van der Waals surface area contributed by atoms with Crippen molar-refractivity contribution in [2.75, 3.05) is 11.6 Å². The fourth-order valence-corrected chi connectivity index (χ4v) is 3.11. The number of rotatable bonds is 3. The lowest BCUT2D eigenvalue weighted by Crippen LogP contribution is -3.00. The minimum atomic E-state index is -0.307. The van der Waals surface area contributed by atoms with Gasteiger partial charge in [0.15, 0.2) is 5.17 Å². The highest BCUT2D eigenvalue weighted by atomic mass is 127. The molecule has 2 N–H and O–H groups in total. The Morgan fingerprint density at radius 3 is 2.28 bits per heavy atom. The van der Waals surface area contributed by atoms with Crippen LogP contribution in [0.15, 0.2) is 76.9 Å². The van der Waals surface area contributed by atoms with Crippen LogP contribution in [0.2, 0.25) is 0 Å². The van der Waals surface area contributed by atoms with E-state index in [0.29, 0.717) is 5.57 Å². The van der Waals surface area contributed by atoms with Gasteiger partial charge in [0.2, 0.25) is 0 Å². The van der Waals surface area contributed by atoms with Crippen molar-refractivity contribution in [1.29, 1.82) is 0 Å². The summed E-state index contributed by atoms with van der Waals surface area (Å²) in [6, 6.07) is 19.1. The molecule has 0 radical (unpaired) electrons. The first kappa shape index (κ1) is 19.5. The van der Waals surface area contributed by atoms with Gasteiger partial charge in [-0.2, -0.15) is 0 Å². The van der Waals surface area contributed by atoms with Crippen molar-refractivity contribution in [3.05, 3.63) is 77.5 Å². The Bertz CT molecular complexity index is 791. The van der Waals surface area contributed by atoms with E-state index in [1.165, 1.54) is 11.8 Å². The third-order valence-electron chi connectivity index (χ3n) is 3.80. The SMILES string of the molecule is CSC1=NC(c2ccccc2)C(C(=O)Nc2ccccc2)=C(C)N1.[I-]. The van der Waals surface area contributed by atoms with E-state index < -0.39 is 0 Å². The van der Waals surface area contributed by atoms with E-state index in [4.69, 9.17) is 4.99 Å². The number of allylic oxidation sites excluding steroid dienone is 1. The number of carbonyl (C=O) groups excluding carboxylic acids is 1. The van der Waals surface area contributed by atoms with Crippen LogP contribution >= 0.6 is 11.8 Å². The maximum absolute atomic E-state index is 12.9. The zero-order valence-corrected chi connectivity index (χ0v) is 17.0. The molecule has 1 amide bonds. The van der Waals surface area contributed by atoms with Crippen LogP contribution in [0.4, 0.5) is 5.69 Å². The molecule has 0 saturated heterocycles. The van der Waals surface area contributed by atoms with Crippen molar-refractivity contribution in [2.24, 2.45) is 4.99 Å². The first-order chi connectivity index (χ1) is 11.7. The highest BCUT2D eigenvalue weighted by Crippen LogP contribution is 2.32. The van der Waals surface area contributed by atoms with Gasteiger partial charge in [-0.1, -0.05) is 60.3 Å². The van der Waals surface area contributed by atoms with Crippen LogP contribution in [-0.4, -0.2) is 17.3 Å². The Kier molecular flexibility index (Phi) is 7.07. The fourth-order valence-electron chi connectivity index (χ4n) is 2.64. The number of aliphatic imine (C=N–C) groups is 1. The Morgan fingerprint density at radius 1 is 1.08 bits per heavy atom. The molecule has 0 aliphatic carbocycles. The normalized spacial score (nSPS) is 16.4. The average molecular weight is 464 g/mol.